The Bertz CT molecular complexity index is 571. The van der Waals surface area contributed by atoms with E-state index in [1.165, 1.54) is 36.2 Å². The molecule has 0 bridgehead atoms. The van der Waals surface area contributed by atoms with Gasteiger partial charge in [-0.25, -0.2) is 4.98 Å². The van der Waals surface area contributed by atoms with Crippen LogP contribution in [-0.4, -0.2) is 16.1 Å². The molecule has 3 nitrogen and oxygen atoms in total. The number of imidazole rings is 1. The van der Waals surface area contributed by atoms with Gasteiger partial charge >= 0.3 is 0 Å². The van der Waals surface area contributed by atoms with E-state index in [1.807, 2.05) is 0 Å². The van der Waals surface area contributed by atoms with Crippen LogP contribution in [0.5, 0.6) is 0 Å². The molecule has 106 valence electrons. The van der Waals surface area contributed by atoms with E-state index in [9.17, 15) is 0 Å². The summed E-state index contributed by atoms with van der Waals surface area (Å²) < 4.78 is 2.40. The molecule has 1 aromatic carbocycles. The molecule has 3 rings (SSSR count). The normalized spacial score (nSPS) is 15.9. The van der Waals surface area contributed by atoms with Crippen LogP contribution in [-0.2, 0) is 19.4 Å². The number of rotatable bonds is 4. The van der Waals surface area contributed by atoms with Crippen molar-refractivity contribution in [2.24, 2.45) is 5.73 Å². The largest absolute Gasteiger partial charge is 0.331 e. The van der Waals surface area contributed by atoms with Gasteiger partial charge in [-0.1, -0.05) is 30.3 Å². The fourth-order valence-corrected chi connectivity index (χ4v) is 3.24. The molecule has 0 spiro atoms. The first-order valence-electron chi connectivity index (χ1n) is 7.59. The van der Waals surface area contributed by atoms with E-state index in [-0.39, 0.29) is 0 Å². The van der Waals surface area contributed by atoms with Crippen molar-refractivity contribution in [1.29, 1.82) is 0 Å². The quantitative estimate of drug-likeness (QED) is 0.927. The first kappa shape index (κ1) is 13.4. The minimum Gasteiger partial charge on any atom is -0.331 e. The van der Waals surface area contributed by atoms with E-state index in [1.54, 1.807) is 0 Å². The second kappa shape index (κ2) is 5.80. The fourth-order valence-electron chi connectivity index (χ4n) is 3.24. The van der Waals surface area contributed by atoms with Crippen LogP contribution >= 0.6 is 0 Å². The topological polar surface area (TPSA) is 43.8 Å². The zero-order valence-corrected chi connectivity index (χ0v) is 12.2. The lowest BCUT2D eigenvalue weighted by Crippen LogP contribution is -2.21. The highest BCUT2D eigenvalue weighted by Gasteiger charge is 2.20. The van der Waals surface area contributed by atoms with Gasteiger partial charge in [0.1, 0.15) is 5.82 Å². The third kappa shape index (κ3) is 2.50. The highest BCUT2D eigenvalue weighted by Crippen LogP contribution is 2.25. The van der Waals surface area contributed by atoms with Crippen LogP contribution in [0.3, 0.4) is 0 Å². The number of aryl methyl sites for hydroxylation is 2. The van der Waals surface area contributed by atoms with Gasteiger partial charge in [-0.05, 0) is 38.2 Å². The van der Waals surface area contributed by atoms with Crippen LogP contribution in [0.2, 0.25) is 0 Å². The summed E-state index contributed by atoms with van der Waals surface area (Å²) >= 11 is 0. The predicted octanol–water partition coefficient (Wildman–Crippen LogP) is 2.81. The van der Waals surface area contributed by atoms with E-state index >= 15 is 0 Å². The summed E-state index contributed by atoms with van der Waals surface area (Å²) in [4.78, 5) is 4.75. The molecule has 3 heteroatoms. The van der Waals surface area contributed by atoms with Crippen molar-refractivity contribution in [3.63, 3.8) is 0 Å². The number of hydrogen-bond acceptors (Lipinski definition) is 2. The third-order valence-electron chi connectivity index (χ3n) is 4.38. The Morgan fingerprint density at radius 1 is 1.20 bits per heavy atom. The van der Waals surface area contributed by atoms with Gasteiger partial charge in [-0.2, -0.15) is 0 Å². The van der Waals surface area contributed by atoms with Gasteiger partial charge in [-0.3, -0.25) is 0 Å². The molecule has 0 amide bonds. The van der Waals surface area contributed by atoms with Crippen molar-refractivity contribution in [1.82, 2.24) is 9.55 Å². The fraction of sp³-hybridized carbons (Fsp3) is 0.471. The lowest BCUT2D eigenvalue weighted by Gasteiger charge is -2.20. The Kier molecular flexibility index (Phi) is 3.88. The van der Waals surface area contributed by atoms with Crippen molar-refractivity contribution >= 4 is 0 Å². The number of hydrogen-bond donors (Lipinski definition) is 1. The molecule has 1 aliphatic rings. The molecule has 0 saturated heterocycles. The Hall–Kier alpha value is -1.61. The van der Waals surface area contributed by atoms with Crippen molar-refractivity contribution in [3.05, 3.63) is 53.1 Å². The first-order chi connectivity index (χ1) is 9.79. The molecule has 0 aliphatic heterocycles. The summed E-state index contributed by atoms with van der Waals surface area (Å²) in [5.74, 6) is 1.52. The molecular weight excluding hydrogens is 246 g/mol. The van der Waals surface area contributed by atoms with E-state index in [0.29, 0.717) is 12.5 Å². The molecule has 0 saturated carbocycles. The number of nitrogens with two attached hydrogens (primary N) is 1. The Morgan fingerprint density at radius 3 is 2.70 bits per heavy atom. The summed E-state index contributed by atoms with van der Waals surface area (Å²) in [5, 5.41) is 0. The standard InChI is InChI=1S/C17H23N3/c1-13-19-16-9-5-6-10-17(16)20(13)12-15(11-18)14-7-3-2-4-8-14/h2-4,7-8,15H,5-6,9-12,18H2,1H3. The second-order valence-corrected chi connectivity index (χ2v) is 5.71. The molecule has 1 aromatic heterocycles. The zero-order chi connectivity index (χ0) is 13.9. The number of fused-ring (bicyclic) bond motifs is 1. The maximum atomic E-state index is 6.01. The average molecular weight is 269 g/mol. The second-order valence-electron chi connectivity index (χ2n) is 5.71. The molecule has 1 aliphatic carbocycles. The smallest absolute Gasteiger partial charge is 0.106 e. The van der Waals surface area contributed by atoms with Crippen molar-refractivity contribution in [2.75, 3.05) is 6.54 Å². The van der Waals surface area contributed by atoms with Gasteiger partial charge in [0, 0.05) is 24.7 Å². The molecule has 0 fully saturated rings. The minimum atomic E-state index is 0.370. The van der Waals surface area contributed by atoms with Gasteiger partial charge in [0.05, 0.1) is 5.69 Å². The Balaban J connectivity index is 1.88. The van der Waals surface area contributed by atoms with Gasteiger partial charge in [0.2, 0.25) is 0 Å². The molecular formula is C17H23N3. The molecule has 1 atom stereocenters. The van der Waals surface area contributed by atoms with E-state index in [2.05, 4.69) is 41.8 Å². The third-order valence-corrected chi connectivity index (χ3v) is 4.38. The van der Waals surface area contributed by atoms with Gasteiger partial charge in [0.25, 0.3) is 0 Å². The highest BCUT2D eigenvalue weighted by atomic mass is 15.1. The van der Waals surface area contributed by atoms with Crippen LogP contribution < -0.4 is 5.73 Å². The maximum Gasteiger partial charge on any atom is 0.106 e. The summed E-state index contributed by atoms with van der Waals surface area (Å²) in [6.07, 6.45) is 4.88. The number of nitrogens with zero attached hydrogens (tertiary/aromatic N) is 2. The van der Waals surface area contributed by atoms with E-state index < -0.39 is 0 Å². The Morgan fingerprint density at radius 2 is 1.95 bits per heavy atom. The van der Waals surface area contributed by atoms with Crippen LogP contribution in [0, 0.1) is 6.92 Å². The summed E-state index contributed by atoms with van der Waals surface area (Å²) in [6.45, 7) is 3.75. The van der Waals surface area contributed by atoms with E-state index in [4.69, 9.17) is 10.7 Å². The molecule has 20 heavy (non-hydrogen) atoms. The maximum absolute atomic E-state index is 6.01. The van der Waals surface area contributed by atoms with Gasteiger partial charge < -0.3 is 10.3 Å². The predicted molar refractivity (Wildman–Crippen MR) is 81.8 cm³/mol. The van der Waals surface area contributed by atoms with Crippen molar-refractivity contribution in [2.45, 2.75) is 45.1 Å². The van der Waals surface area contributed by atoms with Crippen LogP contribution in [0.4, 0.5) is 0 Å². The van der Waals surface area contributed by atoms with Crippen LogP contribution in [0.15, 0.2) is 30.3 Å². The monoisotopic (exact) mass is 269 g/mol. The SMILES string of the molecule is Cc1nc2c(n1CC(CN)c1ccccc1)CCCC2. The first-order valence-corrected chi connectivity index (χ1v) is 7.59. The molecule has 1 heterocycles. The van der Waals surface area contributed by atoms with Gasteiger partial charge in [-0.15, -0.1) is 0 Å². The molecule has 2 aromatic rings. The average Bonchev–Trinajstić information content (AvgIpc) is 2.81. The van der Waals surface area contributed by atoms with Gasteiger partial charge in [0.15, 0.2) is 0 Å². The van der Waals surface area contributed by atoms with Crippen molar-refractivity contribution < 1.29 is 0 Å². The minimum absolute atomic E-state index is 0.370. The van der Waals surface area contributed by atoms with E-state index in [0.717, 1.165) is 18.8 Å². The molecule has 1 unspecified atom stereocenters. The molecule has 0 radical (unpaired) electrons. The summed E-state index contributed by atoms with van der Waals surface area (Å²) in [6, 6.07) is 10.6. The van der Waals surface area contributed by atoms with Crippen LogP contribution in [0.25, 0.3) is 0 Å². The molecule has 2 N–H and O–H groups in total. The number of aromatic nitrogens is 2. The lowest BCUT2D eigenvalue weighted by molar-refractivity contribution is 0.526. The number of benzene rings is 1. The lowest BCUT2D eigenvalue weighted by atomic mass is 9.97. The zero-order valence-electron chi connectivity index (χ0n) is 12.2. The Labute approximate surface area is 120 Å². The van der Waals surface area contributed by atoms with Crippen molar-refractivity contribution in [3.8, 4) is 0 Å². The highest BCUT2D eigenvalue weighted by molar-refractivity contribution is 5.23. The summed E-state index contributed by atoms with van der Waals surface area (Å²) in [7, 11) is 0. The summed E-state index contributed by atoms with van der Waals surface area (Å²) in [5.41, 5.74) is 10.1. The van der Waals surface area contributed by atoms with Crippen LogP contribution in [0.1, 0.15) is 41.5 Å².